The van der Waals surface area contributed by atoms with E-state index in [4.69, 9.17) is 5.73 Å². The van der Waals surface area contributed by atoms with Gasteiger partial charge in [0.25, 0.3) is 5.95 Å². The van der Waals surface area contributed by atoms with Gasteiger partial charge in [-0.05, 0) is 16.5 Å². The van der Waals surface area contributed by atoms with Crippen molar-refractivity contribution < 1.29 is 0 Å². The molecule has 0 aliphatic rings. The van der Waals surface area contributed by atoms with Crippen molar-refractivity contribution >= 4 is 12.2 Å². The summed E-state index contributed by atoms with van der Waals surface area (Å²) in [5, 5.41) is 14.3. The van der Waals surface area contributed by atoms with Gasteiger partial charge in [0.05, 0.1) is 6.21 Å². The molecule has 0 saturated heterocycles. The first-order valence-corrected chi connectivity index (χ1v) is 3.84. The third-order valence-corrected chi connectivity index (χ3v) is 1.48. The van der Waals surface area contributed by atoms with Crippen molar-refractivity contribution in [2.75, 3.05) is 5.73 Å². The molecule has 7 nitrogen and oxygen atoms in total. The van der Waals surface area contributed by atoms with Gasteiger partial charge in [0, 0.05) is 18.0 Å². The fourth-order valence-electron chi connectivity index (χ4n) is 0.845. The first kappa shape index (κ1) is 8.30. The number of nitrogen functional groups attached to an aromatic ring is 1. The highest BCUT2D eigenvalue weighted by atomic mass is 15.7. The zero-order chi connectivity index (χ0) is 9.80. The SMILES string of the molecule is Nc1nnnn1/N=C\c1cccnc1. The summed E-state index contributed by atoms with van der Waals surface area (Å²) in [6.45, 7) is 0. The van der Waals surface area contributed by atoms with Gasteiger partial charge in [-0.15, -0.1) is 0 Å². The van der Waals surface area contributed by atoms with E-state index in [9.17, 15) is 0 Å². The Balaban J connectivity index is 2.20. The summed E-state index contributed by atoms with van der Waals surface area (Å²) in [5.74, 6) is 0.144. The number of hydrogen-bond donors (Lipinski definition) is 1. The maximum Gasteiger partial charge on any atom is 0.263 e. The molecule has 0 fully saturated rings. The molecule has 2 N–H and O–H groups in total. The molecule has 0 aromatic carbocycles. The molecule has 70 valence electrons. The molecule has 0 aliphatic heterocycles. The molecular formula is C7H7N7. The highest BCUT2D eigenvalue weighted by molar-refractivity contribution is 5.78. The first-order valence-electron chi connectivity index (χ1n) is 3.84. The van der Waals surface area contributed by atoms with Crippen molar-refractivity contribution in [3.8, 4) is 0 Å². The summed E-state index contributed by atoms with van der Waals surface area (Å²) in [6.07, 6.45) is 4.92. The van der Waals surface area contributed by atoms with E-state index in [0.717, 1.165) is 10.4 Å². The maximum absolute atomic E-state index is 5.40. The van der Waals surface area contributed by atoms with Gasteiger partial charge in [-0.3, -0.25) is 4.98 Å². The van der Waals surface area contributed by atoms with Crippen LogP contribution in [0.15, 0.2) is 29.6 Å². The quantitative estimate of drug-likeness (QED) is 0.644. The van der Waals surface area contributed by atoms with Crippen LogP contribution in [0.4, 0.5) is 5.95 Å². The lowest BCUT2D eigenvalue weighted by atomic mass is 10.3. The molecule has 2 aromatic heterocycles. The number of nitrogens with two attached hydrogens (primary N) is 1. The lowest BCUT2D eigenvalue weighted by Gasteiger charge is -1.91. The van der Waals surface area contributed by atoms with Gasteiger partial charge in [0.15, 0.2) is 0 Å². The Morgan fingerprint density at radius 3 is 3.07 bits per heavy atom. The summed E-state index contributed by atoms with van der Waals surface area (Å²) in [6, 6.07) is 3.67. The third kappa shape index (κ3) is 1.71. The van der Waals surface area contributed by atoms with Crippen molar-refractivity contribution in [3.63, 3.8) is 0 Å². The van der Waals surface area contributed by atoms with Crippen LogP contribution in [-0.2, 0) is 0 Å². The summed E-state index contributed by atoms with van der Waals surface area (Å²) < 4.78 is 0. The van der Waals surface area contributed by atoms with Crippen molar-refractivity contribution in [2.24, 2.45) is 5.10 Å². The Morgan fingerprint density at radius 2 is 2.43 bits per heavy atom. The molecule has 0 bridgehead atoms. The second kappa shape index (κ2) is 3.60. The number of rotatable bonds is 2. The van der Waals surface area contributed by atoms with Gasteiger partial charge in [0.2, 0.25) is 0 Å². The Labute approximate surface area is 79.3 Å². The van der Waals surface area contributed by atoms with Crippen LogP contribution < -0.4 is 5.73 Å². The highest BCUT2D eigenvalue weighted by Crippen LogP contribution is 1.93. The average molecular weight is 189 g/mol. The van der Waals surface area contributed by atoms with E-state index in [1.165, 1.54) is 0 Å². The van der Waals surface area contributed by atoms with E-state index in [2.05, 4.69) is 25.6 Å². The summed E-state index contributed by atoms with van der Waals surface area (Å²) >= 11 is 0. The van der Waals surface area contributed by atoms with Gasteiger partial charge >= 0.3 is 0 Å². The Morgan fingerprint density at radius 1 is 1.50 bits per heavy atom. The summed E-state index contributed by atoms with van der Waals surface area (Å²) in [7, 11) is 0. The molecule has 0 saturated carbocycles. The molecule has 2 heterocycles. The van der Waals surface area contributed by atoms with Gasteiger partial charge in [0.1, 0.15) is 0 Å². The van der Waals surface area contributed by atoms with Crippen molar-refractivity contribution in [3.05, 3.63) is 30.1 Å². The summed E-state index contributed by atoms with van der Waals surface area (Å²) in [5.41, 5.74) is 6.25. The minimum absolute atomic E-state index is 0.144. The molecule has 0 atom stereocenters. The van der Waals surface area contributed by atoms with Crippen LogP contribution in [-0.4, -0.2) is 31.5 Å². The molecule has 0 radical (unpaired) electrons. The van der Waals surface area contributed by atoms with E-state index in [1.54, 1.807) is 18.6 Å². The maximum atomic E-state index is 5.40. The Hall–Kier alpha value is -2.31. The van der Waals surface area contributed by atoms with Crippen molar-refractivity contribution in [1.29, 1.82) is 0 Å². The van der Waals surface area contributed by atoms with E-state index < -0.39 is 0 Å². The largest absolute Gasteiger partial charge is 0.365 e. The zero-order valence-electron chi connectivity index (χ0n) is 7.15. The number of tetrazole rings is 1. The molecule has 0 amide bonds. The number of anilines is 1. The molecule has 7 heteroatoms. The summed E-state index contributed by atoms with van der Waals surface area (Å²) in [4.78, 5) is 5.06. The van der Waals surface area contributed by atoms with E-state index in [1.807, 2.05) is 12.1 Å². The first-order chi connectivity index (χ1) is 6.86. The zero-order valence-corrected chi connectivity index (χ0v) is 7.15. The average Bonchev–Trinajstić information content (AvgIpc) is 2.63. The third-order valence-electron chi connectivity index (χ3n) is 1.48. The topological polar surface area (TPSA) is 94.9 Å². The van der Waals surface area contributed by atoms with E-state index >= 15 is 0 Å². The molecule has 14 heavy (non-hydrogen) atoms. The van der Waals surface area contributed by atoms with Gasteiger partial charge in [-0.25, -0.2) is 0 Å². The normalized spacial score (nSPS) is 10.9. The fraction of sp³-hybridized carbons (Fsp3) is 0. The highest BCUT2D eigenvalue weighted by Gasteiger charge is 1.95. The molecule has 2 rings (SSSR count). The van der Waals surface area contributed by atoms with E-state index in [-0.39, 0.29) is 5.95 Å². The van der Waals surface area contributed by atoms with Gasteiger partial charge in [-0.1, -0.05) is 16.0 Å². The van der Waals surface area contributed by atoms with E-state index in [0.29, 0.717) is 0 Å². The number of pyridine rings is 1. The molecule has 0 unspecified atom stereocenters. The fourth-order valence-corrected chi connectivity index (χ4v) is 0.845. The number of nitrogens with zero attached hydrogens (tertiary/aromatic N) is 6. The van der Waals surface area contributed by atoms with Crippen LogP contribution in [0.1, 0.15) is 5.56 Å². The lowest BCUT2D eigenvalue weighted by molar-refractivity contribution is 0.699. The Kier molecular flexibility index (Phi) is 2.14. The second-order valence-electron chi connectivity index (χ2n) is 2.46. The molecule has 0 spiro atoms. The van der Waals surface area contributed by atoms with Crippen LogP contribution in [0.25, 0.3) is 0 Å². The van der Waals surface area contributed by atoms with Crippen LogP contribution in [0.3, 0.4) is 0 Å². The van der Waals surface area contributed by atoms with Crippen LogP contribution in [0, 0.1) is 0 Å². The van der Waals surface area contributed by atoms with Crippen LogP contribution >= 0.6 is 0 Å². The van der Waals surface area contributed by atoms with Crippen LogP contribution in [0.2, 0.25) is 0 Å². The second-order valence-corrected chi connectivity index (χ2v) is 2.46. The monoisotopic (exact) mass is 189 g/mol. The predicted octanol–water partition coefficient (Wildman–Crippen LogP) is -0.468. The van der Waals surface area contributed by atoms with Crippen molar-refractivity contribution in [2.45, 2.75) is 0 Å². The minimum Gasteiger partial charge on any atom is -0.365 e. The number of aromatic nitrogens is 5. The molecular weight excluding hydrogens is 182 g/mol. The van der Waals surface area contributed by atoms with Crippen LogP contribution in [0.5, 0.6) is 0 Å². The smallest absolute Gasteiger partial charge is 0.263 e. The number of hydrogen-bond acceptors (Lipinski definition) is 6. The lowest BCUT2D eigenvalue weighted by Crippen LogP contribution is -1.99. The van der Waals surface area contributed by atoms with Gasteiger partial charge in [-0.2, -0.15) is 5.10 Å². The van der Waals surface area contributed by atoms with Crippen molar-refractivity contribution in [1.82, 2.24) is 25.3 Å². The predicted molar refractivity (Wildman–Crippen MR) is 49.5 cm³/mol. The van der Waals surface area contributed by atoms with Gasteiger partial charge < -0.3 is 5.73 Å². The Bertz CT molecular complexity index is 432. The standard InChI is InChI=1S/C7H7N7/c8-7-11-12-13-14(7)10-5-6-2-1-3-9-4-6/h1-5H,(H2,8,11,13)/b10-5-. The minimum atomic E-state index is 0.144. The molecule has 2 aromatic rings. The molecule has 0 aliphatic carbocycles.